The van der Waals surface area contributed by atoms with Gasteiger partial charge in [-0.3, -0.25) is 9.59 Å². The number of hydrogen-bond donors (Lipinski definition) is 2. The number of carbonyl (C=O) groups is 1. The Balaban J connectivity index is 2.62. The second-order valence-electron chi connectivity index (χ2n) is 3.15. The van der Waals surface area contributed by atoms with Gasteiger partial charge in [-0.15, -0.1) is 11.3 Å². The van der Waals surface area contributed by atoms with Crippen LogP contribution in [0.2, 0.25) is 0 Å². The number of carboxylic acid groups (broad SMARTS) is 1. The molecule has 91 valence electrons. The molecule has 8 heteroatoms. The average molecular weight is 256 g/mol. The monoisotopic (exact) mass is 256 g/mol. The van der Waals surface area contributed by atoms with Crippen LogP contribution >= 0.6 is 11.3 Å². The molecule has 0 spiro atoms. The first-order valence-corrected chi connectivity index (χ1v) is 5.45. The molecule has 0 saturated carbocycles. The average Bonchev–Trinajstić information content (AvgIpc) is 2.70. The summed E-state index contributed by atoms with van der Waals surface area (Å²) in [5.41, 5.74) is 5.50. The molecule has 0 amide bonds. The van der Waals surface area contributed by atoms with Crippen molar-refractivity contribution in [1.29, 1.82) is 0 Å². The fourth-order valence-corrected chi connectivity index (χ4v) is 1.35. The predicted molar refractivity (Wildman–Crippen MR) is 61.5 cm³/mol. The lowest BCUT2D eigenvalue weighted by Crippen LogP contribution is -2.15. The van der Waals surface area contributed by atoms with E-state index in [0.29, 0.717) is 5.13 Å². The molecule has 0 aliphatic rings. The van der Waals surface area contributed by atoms with Crippen LogP contribution in [-0.4, -0.2) is 34.7 Å². The molecule has 1 atom stereocenters. The molecule has 1 rings (SSSR count). The van der Waals surface area contributed by atoms with Crippen LogP contribution in [0.15, 0.2) is 10.5 Å². The molecule has 1 heterocycles. The number of oxime groups is 1. The van der Waals surface area contributed by atoms with Gasteiger partial charge < -0.3 is 15.7 Å². The summed E-state index contributed by atoms with van der Waals surface area (Å²) in [5.74, 6) is -1.72. The third kappa shape index (κ3) is 3.83. The Morgan fingerprint density at radius 1 is 1.82 bits per heavy atom. The zero-order chi connectivity index (χ0) is 12.8. The fraction of sp³-hybridized carbons (Fsp3) is 0.333. The zero-order valence-electron chi connectivity index (χ0n) is 8.91. The van der Waals surface area contributed by atoms with E-state index in [1.807, 2.05) is 0 Å². The van der Waals surface area contributed by atoms with E-state index in [1.54, 1.807) is 6.29 Å². The van der Waals surface area contributed by atoms with Crippen LogP contribution < -0.4 is 5.73 Å². The number of carbonyl (C=O) groups excluding carboxylic acids is 1. The molecule has 0 aliphatic carbocycles. The molecular weight excluding hydrogens is 246 g/mol. The number of hydrogen-bond acceptors (Lipinski definition) is 7. The summed E-state index contributed by atoms with van der Waals surface area (Å²) in [5, 5.41) is 13.9. The van der Waals surface area contributed by atoms with Crippen LogP contribution in [0.3, 0.4) is 0 Å². The molecule has 7 nitrogen and oxygen atoms in total. The van der Waals surface area contributed by atoms with Crippen LogP contribution in [0.5, 0.6) is 0 Å². The molecule has 0 aliphatic heterocycles. The molecule has 0 fully saturated rings. The third-order valence-corrected chi connectivity index (χ3v) is 2.44. The minimum absolute atomic E-state index is 0.139. The summed E-state index contributed by atoms with van der Waals surface area (Å²) in [4.78, 5) is 29.6. The Hall–Kier alpha value is -1.96. The van der Waals surface area contributed by atoms with E-state index < -0.39 is 11.9 Å². The number of nitrogens with zero attached hydrogens (tertiary/aromatic N) is 2. The molecule has 1 unspecified atom stereocenters. The van der Waals surface area contributed by atoms with Gasteiger partial charge >= 0.3 is 5.97 Å². The number of aromatic nitrogens is 1. The number of carboxylic acids is 1. The Kier molecular flexibility index (Phi) is 4.58. The van der Waals surface area contributed by atoms with Crippen molar-refractivity contribution in [3.8, 4) is 0 Å². The van der Waals surface area contributed by atoms with Crippen molar-refractivity contribution in [2.24, 2.45) is 11.1 Å². The van der Waals surface area contributed by atoms with Gasteiger partial charge in [-0.2, -0.15) is 0 Å². The van der Waals surface area contributed by atoms with Crippen LogP contribution in [0, 0.1) is 5.92 Å². The Morgan fingerprint density at radius 3 is 3.00 bits per heavy atom. The highest BCUT2D eigenvalue weighted by Gasteiger charge is 2.12. The molecule has 0 saturated heterocycles. The van der Waals surface area contributed by atoms with Crippen molar-refractivity contribution < 1.29 is 19.5 Å². The molecule has 0 bridgehead atoms. The Morgan fingerprint density at radius 2 is 2.53 bits per heavy atom. The summed E-state index contributed by atoms with van der Waals surface area (Å²) >= 11 is 1.15. The zero-order valence-corrected chi connectivity index (χ0v) is 9.73. The standard InChI is InChI=1S/C9H10N3O4S/c1-5(8(14)15)3-16-12-6(2-13)7-4-17-9(10)11-7/h4-5H,3H2,1H3,(H2,10,11)(H,14,15). The minimum Gasteiger partial charge on any atom is -0.481 e. The number of nitrogens with two attached hydrogens (primary N) is 1. The van der Waals surface area contributed by atoms with E-state index >= 15 is 0 Å². The minimum atomic E-state index is -1.00. The van der Waals surface area contributed by atoms with E-state index in [4.69, 9.17) is 15.7 Å². The van der Waals surface area contributed by atoms with Gasteiger partial charge in [-0.25, -0.2) is 4.98 Å². The lowest BCUT2D eigenvalue weighted by atomic mass is 10.2. The van der Waals surface area contributed by atoms with E-state index in [1.165, 1.54) is 12.3 Å². The van der Waals surface area contributed by atoms with E-state index in [9.17, 15) is 9.59 Å². The maximum Gasteiger partial charge on any atom is 0.309 e. The van der Waals surface area contributed by atoms with Gasteiger partial charge in [0.15, 0.2) is 10.8 Å². The lowest BCUT2D eigenvalue weighted by molar-refractivity contribution is -0.143. The third-order valence-electron chi connectivity index (χ3n) is 1.76. The molecule has 0 aromatic carbocycles. The van der Waals surface area contributed by atoms with Gasteiger partial charge in [0.05, 0.1) is 5.92 Å². The van der Waals surface area contributed by atoms with E-state index in [2.05, 4.69) is 10.1 Å². The van der Waals surface area contributed by atoms with Gasteiger partial charge in [-0.05, 0) is 6.92 Å². The Bertz CT molecular complexity index is 443. The largest absolute Gasteiger partial charge is 0.481 e. The number of nitrogen functional groups attached to an aromatic ring is 1. The first kappa shape index (κ1) is 13.1. The number of aliphatic carboxylic acids is 1. The summed E-state index contributed by atoms with van der Waals surface area (Å²) in [7, 11) is 0. The van der Waals surface area contributed by atoms with Crippen molar-refractivity contribution in [3.63, 3.8) is 0 Å². The van der Waals surface area contributed by atoms with E-state index in [0.717, 1.165) is 11.3 Å². The molecule has 1 aromatic rings. The normalized spacial score (nSPS) is 13.1. The highest BCUT2D eigenvalue weighted by molar-refractivity contribution is 7.13. The fourth-order valence-electron chi connectivity index (χ4n) is 0.799. The SMILES string of the molecule is CC(CON=C([C]=O)c1csc(N)n1)C(=O)O. The molecular formula is C9H10N3O4S. The highest BCUT2D eigenvalue weighted by Crippen LogP contribution is 2.11. The summed E-state index contributed by atoms with van der Waals surface area (Å²) in [6, 6.07) is 0. The Labute approximate surface area is 101 Å². The molecule has 1 radical (unpaired) electrons. The van der Waals surface area contributed by atoms with Gasteiger partial charge in [0.2, 0.25) is 0 Å². The summed E-state index contributed by atoms with van der Waals surface area (Å²) in [6.45, 7) is 1.32. The van der Waals surface area contributed by atoms with Crippen molar-refractivity contribution in [2.75, 3.05) is 12.3 Å². The lowest BCUT2D eigenvalue weighted by Gasteiger charge is -2.03. The van der Waals surface area contributed by atoms with Crippen LogP contribution in [0.4, 0.5) is 5.13 Å². The van der Waals surface area contributed by atoms with Crippen molar-refractivity contribution in [1.82, 2.24) is 4.98 Å². The first-order chi connectivity index (χ1) is 8.04. The molecule has 17 heavy (non-hydrogen) atoms. The predicted octanol–water partition coefficient (Wildman–Crippen LogP) is 0.276. The summed E-state index contributed by atoms with van der Waals surface area (Å²) in [6.07, 6.45) is 1.55. The van der Waals surface area contributed by atoms with Crippen LogP contribution in [0.1, 0.15) is 12.6 Å². The van der Waals surface area contributed by atoms with Gasteiger partial charge in [-0.1, -0.05) is 5.16 Å². The first-order valence-electron chi connectivity index (χ1n) is 4.57. The van der Waals surface area contributed by atoms with Gasteiger partial charge in [0, 0.05) is 5.38 Å². The maximum atomic E-state index is 10.6. The number of thiazole rings is 1. The van der Waals surface area contributed by atoms with Gasteiger partial charge in [0.1, 0.15) is 12.3 Å². The summed E-state index contributed by atoms with van der Waals surface area (Å²) < 4.78 is 0. The second kappa shape index (κ2) is 5.94. The van der Waals surface area contributed by atoms with E-state index in [-0.39, 0.29) is 18.0 Å². The van der Waals surface area contributed by atoms with Crippen LogP contribution in [-0.2, 0) is 14.4 Å². The maximum absolute atomic E-state index is 10.6. The highest BCUT2D eigenvalue weighted by atomic mass is 32.1. The van der Waals surface area contributed by atoms with Crippen LogP contribution in [0.25, 0.3) is 0 Å². The number of rotatable bonds is 6. The second-order valence-corrected chi connectivity index (χ2v) is 4.04. The van der Waals surface area contributed by atoms with Gasteiger partial charge in [0.25, 0.3) is 6.29 Å². The molecule has 3 N–H and O–H groups in total. The van der Waals surface area contributed by atoms with Crippen molar-refractivity contribution in [3.05, 3.63) is 11.1 Å². The molecule has 1 aromatic heterocycles. The quantitative estimate of drug-likeness (QED) is 0.558. The van der Waals surface area contributed by atoms with Crippen molar-refractivity contribution in [2.45, 2.75) is 6.92 Å². The topological polar surface area (TPSA) is 115 Å². The smallest absolute Gasteiger partial charge is 0.309 e. The van der Waals surface area contributed by atoms with Crippen molar-refractivity contribution >= 4 is 34.4 Å². The number of anilines is 1.